The zero-order valence-corrected chi connectivity index (χ0v) is 33.1. The van der Waals surface area contributed by atoms with E-state index in [1.54, 1.807) is 0 Å². The van der Waals surface area contributed by atoms with Crippen LogP contribution in [0.1, 0.15) is 52.7 Å². The molecule has 0 fully saturated rings. The molecule has 10 rings (SSSR count). The Bertz CT molecular complexity index is 3030. The van der Waals surface area contributed by atoms with Gasteiger partial charge in [0, 0.05) is 32.9 Å². The molecule has 0 saturated heterocycles. The van der Waals surface area contributed by atoms with Gasteiger partial charge in [-0.15, -0.1) is 0 Å². The highest BCUT2D eigenvalue weighted by Gasteiger charge is 2.24. The molecule has 1 heterocycles. The molecular weight excluding hydrogens is 677 g/mol. The van der Waals surface area contributed by atoms with Crippen LogP contribution in [0.25, 0.3) is 70.9 Å². The first-order chi connectivity index (χ1) is 27.0. The third-order valence-corrected chi connectivity index (χ3v) is 11.8. The van der Waals surface area contributed by atoms with Crippen LogP contribution in [-0.4, -0.2) is 4.57 Å². The van der Waals surface area contributed by atoms with Gasteiger partial charge in [0.25, 0.3) is 0 Å². The van der Waals surface area contributed by atoms with Crippen LogP contribution in [0.4, 0.5) is 17.1 Å². The van der Waals surface area contributed by atoms with Crippen LogP contribution in [0.5, 0.6) is 0 Å². The van der Waals surface area contributed by atoms with Crippen molar-refractivity contribution in [3.63, 3.8) is 0 Å². The Morgan fingerprint density at radius 1 is 0.393 bits per heavy atom. The first-order valence-electron chi connectivity index (χ1n) is 19.9. The number of nitrogens with zero attached hydrogens (tertiary/aromatic N) is 2. The number of benzene rings is 9. The molecule has 0 atom stereocenters. The van der Waals surface area contributed by atoms with Gasteiger partial charge in [0.15, 0.2) is 0 Å². The Balaban J connectivity index is 1.23. The number of rotatable bonds is 5. The molecule has 0 aliphatic rings. The molecule has 9 aromatic carbocycles. The van der Waals surface area contributed by atoms with Crippen molar-refractivity contribution in [2.75, 3.05) is 4.90 Å². The summed E-state index contributed by atoms with van der Waals surface area (Å²) >= 11 is 0. The van der Waals surface area contributed by atoms with Gasteiger partial charge in [-0.05, 0) is 103 Å². The van der Waals surface area contributed by atoms with Crippen molar-refractivity contribution in [3.05, 3.63) is 181 Å². The highest BCUT2D eigenvalue weighted by atomic mass is 15.1. The summed E-state index contributed by atoms with van der Waals surface area (Å²) in [5, 5.41) is 10.1. The highest BCUT2D eigenvalue weighted by molar-refractivity contribution is 6.27. The summed E-state index contributed by atoms with van der Waals surface area (Å²) < 4.78 is 2.46. The molecule has 10 aromatic rings. The lowest BCUT2D eigenvalue weighted by molar-refractivity contribution is 0.590. The summed E-state index contributed by atoms with van der Waals surface area (Å²) in [4.78, 5) is 2.47. The van der Waals surface area contributed by atoms with Gasteiger partial charge in [0.1, 0.15) is 0 Å². The van der Waals surface area contributed by atoms with Crippen molar-refractivity contribution in [2.24, 2.45) is 0 Å². The SMILES string of the molecule is CC(C)(C)c1ccc(-c2cc(N(c3ccccc3)c3ccc4ccc5c(-n6c7ccccc7c7ccccc76)ccc6ccc3c4c65)cc(C(C)(C)C)c2)cc1. The summed E-state index contributed by atoms with van der Waals surface area (Å²) in [6.07, 6.45) is 0. The van der Waals surface area contributed by atoms with Crippen molar-refractivity contribution < 1.29 is 0 Å². The summed E-state index contributed by atoms with van der Waals surface area (Å²) in [5.41, 5.74) is 12.3. The fourth-order valence-electron chi connectivity index (χ4n) is 8.85. The molecule has 2 nitrogen and oxygen atoms in total. The molecule has 0 aliphatic carbocycles. The van der Waals surface area contributed by atoms with Gasteiger partial charge in [-0.1, -0.05) is 163 Å². The van der Waals surface area contributed by atoms with E-state index in [0.717, 1.165) is 11.4 Å². The smallest absolute Gasteiger partial charge is 0.0541 e. The van der Waals surface area contributed by atoms with Gasteiger partial charge in [-0.2, -0.15) is 0 Å². The Labute approximate surface area is 329 Å². The van der Waals surface area contributed by atoms with E-state index in [1.165, 1.54) is 87.8 Å². The summed E-state index contributed by atoms with van der Waals surface area (Å²) in [6.45, 7) is 13.8. The Morgan fingerprint density at radius 3 is 1.59 bits per heavy atom. The molecule has 0 spiro atoms. The van der Waals surface area contributed by atoms with Crippen molar-refractivity contribution >= 4 is 71.2 Å². The standard InChI is InChI=1S/C54H46N2/c1-53(2,3)39-26-20-35(21-27-39)38-32-40(54(4,5)6)34-42(33-38)55(41-14-8-7-9-15-41)49-30-24-36-23-29-46-50(31-25-37-22-28-45(49)51(36)52(37)46)56-47-18-12-10-16-43(47)44-17-11-13-19-48(44)56/h7-34H,1-6H3. The molecule has 0 bridgehead atoms. The van der Waals surface area contributed by atoms with Crippen molar-refractivity contribution in [1.29, 1.82) is 0 Å². The van der Waals surface area contributed by atoms with Gasteiger partial charge >= 0.3 is 0 Å². The molecule has 0 N–H and O–H groups in total. The monoisotopic (exact) mass is 722 g/mol. The van der Waals surface area contributed by atoms with E-state index >= 15 is 0 Å². The van der Waals surface area contributed by atoms with Crippen molar-refractivity contribution in [2.45, 2.75) is 52.4 Å². The predicted octanol–water partition coefficient (Wildman–Crippen LogP) is 15.4. The van der Waals surface area contributed by atoms with Crippen LogP contribution in [0, 0.1) is 0 Å². The van der Waals surface area contributed by atoms with Gasteiger partial charge < -0.3 is 9.47 Å². The van der Waals surface area contributed by atoms with E-state index < -0.39 is 0 Å². The topological polar surface area (TPSA) is 8.17 Å². The molecule has 0 radical (unpaired) electrons. The lowest BCUT2D eigenvalue weighted by Crippen LogP contribution is -2.15. The van der Waals surface area contributed by atoms with Crippen LogP contribution in [0.2, 0.25) is 0 Å². The van der Waals surface area contributed by atoms with E-state index in [1.807, 2.05) is 0 Å². The maximum Gasteiger partial charge on any atom is 0.0541 e. The normalized spacial score (nSPS) is 12.5. The molecule has 0 aliphatic heterocycles. The number of anilines is 3. The van der Waals surface area contributed by atoms with Crippen LogP contribution in [0.3, 0.4) is 0 Å². The van der Waals surface area contributed by atoms with Crippen molar-refractivity contribution in [3.8, 4) is 16.8 Å². The zero-order valence-electron chi connectivity index (χ0n) is 33.1. The minimum absolute atomic E-state index is 0.0513. The maximum absolute atomic E-state index is 2.47. The van der Waals surface area contributed by atoms with E-state index in [9.17, 15) is 0 Å². The fraction of sp³-hybridized carbons (Fsp3) is 0.148. The first-order valence-corrected chi connectivity index (χ1v) is 19.9. The Morgan fingerprint density at radius 2 is 0.946 bits per heavy atom. The second-order valence-electron chi connectivity index (χ2n) is 17.5. The molecule has 1 aromatic heterocycles. The van der Waals surface area contributed by atoms with Crippen LogP contribution in [0.15, 0.2) is 170 Å². The lowest BCUT2D eigenvalue weighted by Gasteiger charge is -2.30. The van der Waals surface area contributed by atoms with E-state index in [0.29, 0.717) is 0 Å². The predicted molar refractivity (Wildman–Crippen MR) is 242 cm³/mol. The van der Waals surface area contributed by atoms with Gasteiger partial charge in [0.2, 0.25) is 0 Å². The van der Waals surface area contributed by atoms with Crippen LogP contribution in [-0.2, 0) is 10.8 Å². The van der Waals surface area contributed by atoms with Crippen molar-refractivity contribution in [1.82, 2.24) is 4.57 Å². The Kier molecular flexibility index (Phi) is 7.67. The minimum Gasteiger partial charge on any atom is -0.310 e. The average Bonchev–Trinajstić information content (AvgIpc) is 3.54. The molecule has 272 valence electrons. The quantitative estimate of drug-likeness (QED) is 0.161. The van der Waals surface area contributed by atoms with Crippen LogP contribution < -0.4 is 4.90 Å². The molecule has 2 heteroatoms. The number of hydrogen-bond donors (Lipinski definition) is 0. The average molecular weight is 723 g/mol. The number of hydrogen-bond acceptors (Lipinski definition) is 1. The third-order valence-electron chi connectivity index (χ3n) is 11.8. The summed E-state index contributed by atoms with van der Waals surface area (Å²) in [6, 6.07) is 63.4. The number of para-hydroxylation sites is 3. The molecule has 0 saturated carbocycles. The number of fused-ring (bicyclic) bond motifs is 3. The fourth-order valence-corrected chi connectivity index (χ4v) is 8.85. The first kappa shape index (κ1) is 34.1. The lowest BCUT2D eigenvalue weighted by atomic mass is 9.83. The maximum atomic E-state index is 2.47. The van der Waals surface area contributed by atoms with Gasteiger partial charge in [-0.25, -0.2) is 0 Å². The largest absolute Gasteiger partial charge is 0.310 e. The Hall–Kier alpha value is -6.38. The van der Waals surface area contributed by atoms with Gasteiger partial charge in [-0.3, -0.25) is 0 Å². The summed E-state index contributed by atoms with van der Waals surface area (Å²) in [7, 11) is 0. The molecule has 0 amide bonds. The van der Waals surface area contributed by atoms with Crippen LogP contribution >= 0.6 is 0 Å². The van der Waals surface area contributed by atoms with E-state index in [4.69, 9.17) is 0 Å². The second kappa shape index (κ2) is 12.6. The number of aromatic nitrogens is 1. The highest BCUT2D eigenvalue weighted by Crippen LogP contribution is 2.47. The van der Waals surface area contributed by atoms with Gasteiger partial charge in [0.05, 0.1) is 22.4 Å². The third kappa shape index (κ3) is 5.46. The summed E-state index contributed by atoms with van der Waals surface area (Å²) in [5.74, 6) is 0. The molecule has 0 unspecified atom stereocenters. The second-order valence-corrected chi connectivity index (χ2v) is 17.5. The van der Waals surface area contributed by atoms with E-state index in [2.05, 4.69) is 221 Å². The molecule has 56 heavy (non-hydrogen) atoms. The zero-order chi connectivity index (χ0) is 38.3. The molecular formula is C54H46N2. The minimum atomic E-state index is -0.0513. The van der Waals surface area contributed by atoms with E-state index in [-0.39, 0.29) is 10.8 Å².